The molecule has 6 nitrogen and oxygen atoms in total. The Hall–Kier alpha value is -2.63. The number of hydrogen-bond donors (Lipinski definition) is 1. The van der Waals surface area contributed by atoms with Crippen LogP contribution >= 0.6 is 0 Å². The zero-order valence-electron chi connectivity index (χ0n) is 18.6. The van der Waals surface area contributed by atoms with E-state index >= 15 is 0 Å². The Morgan fingerprint density at radius 3 is 2.41 bits per heavy atom. The predicted octanol–water partition coefficient (Wildman–Crippen LogP) is 3.70. The molecule has 1 atom stereocenters. The molecule has 0 unspecified atom stereocenters. The van der Waals surface area contributed by atoms with Crippen LogP contribution in [0.2, 0.25) is 0 Å². The van der Waals surface area contributed by atoms with Crippen molar-refractivity contribution >= 4 is 11.8 Å². The summed E-state index contributed by atoms with van der Waals surface area (Å²) in [4.78, 5) is 28.8. The summed E-state index contributed by atoms with van der Waals surface area (Å²) in [6, 6.07) is 9.62. The van der Waals surface area contributed by atoms with Crippen molar-refractivity contribution in [3.8, 4) is 5.69 Å². The van der Waals surface area contributed by atoms with Gasteiger partial charge in [0.15, 0.2) is 0 Å². The molecule has 7 rings (SSSR count). The summed E-state index contributed by atoms with van der Waals surface area (Å²) >= 11 is 0. The average molecular weight is 433 g/mol. The van der Waals surface area contributed by atoms with Gasteiger partial charge in [-0.3, -0.25) is 9.59 Å². The SMILES string of the molecule is O=C(NCc1cnn(-c2ccccc2)c1)[C@@H]1CCCN1C(=O)C12CC3CC(CC(C3)C1)C2. The Balaban J connectivity index is 1.11. The maximum atomic E-state index is 13.8. The van der Waals surface area contributed by atoms with Gasteiger partial charge in [-0.15, -0.1) is 0 Å². The monoisotopic (exact) mass is 432 g/mol. The van der Waals surface area contributed by atoms with Crippen LogP contribution in [0.5, 0.6) is 0 Å². The van der Waals surface area contributed by atoms with Gasteiger partial charge in [-0.05, 0) is 81.3 Å². The minimum absolute atomic E-state index is 0.0203. The van der Waals surface area contributed by atoms with Crippen molar-refractivity contribution in [2.45, 2.75) is 64.0 Å². The second-order valence-corrected chi connectivity index (χ2v) is 10.7. The van der Waals surface area contributed by atoms with Crippen molar-refractivity contribution in [2.24, 2.45) is 23.2 Å². The summed E-state index contributed by atoms with van der Waals surface area (Å²) in [5, 5.41) is 7.49. The largest absolute Gasteiger partial charge is 0.350 e. The zero-order valence-corrected chi connectivity index (χ0v) is 18.6. The van der Waals surface area contributed by atoms with E-state index in [-0.39, 0.29) is 23.3 Å². The lowest BCUT2D eigenvalue weighted by Gasteiger charge is -2.56. The molecule has 1 saturated heterocycles. The van der Waals surface area contributed by atoms with Gasteiger partial charge < -0.3 is 10.2 Å². The molecular weight excluding hydrogens is 400 g/mol. The third-order valence-corrected chi connectivity index (χ3v) is 8.43. The number of carbonyl (C=O) groups excluding carboxylic acids is 2. The Morgan fingerprint density at radius 1 is 1.03 bits per heavy atom. The molecule has 1 aromatic carbocycles. The van der Waals surface area contributed by atoms with Crippen molar-refractivity contribution in [3.05, 3.63) is 48.3 Å². The highest BCUT2D eigenvalue weighted by Gasteiger charge is 2.56. The van der Waals surface area contributed by atoms with E-state index in [4.69, 9.17) is 0 Å². The lowest BCUT2D eigenvalue weighted by molar-refractivity contribution is -0.160. The van der Waals surface area contributed by atoms with E-state index < -0.39 is 0 Å². The third-order valence-electron chi connectivity index (χ3n) is 8.43. The van der Waals surface area contributed by atoms with Crippen LogP contribution in [-0.4, -0.2) is 39.1 Å². The summed E-state index contributed by atoms with van der Waals surface area (Å²) in [6.45, 7) is 1.16. The topological polar surface area (TPSA) is 67.2 Å². The highest BCUT2D eigenvalue weighted by atomic mass is 16.2. The maximum Gasteiger partial charge on any atom is 0.243 e. The van der Waals surface area contributed by atoms with Crippen LogP contribution in [0.25, 0.3) is 5.69 Å². The van der Waals surface area contributed by atoms with E-state index in [2.05, 4.69) is 10.4 Å². The van der Waals surface area contributed by atoms with E-state index in [9.17, 15) is 9.59 Å². The van der Waals surface area contributed by atoms with Crippen LogP contribution in [0.3, 0.4) is 0 Å². The number of nitrogens with one attached hydrogen (secondary N) is 1. The van der Waals surface area contributed by atoms with Gasteiger partial charge in [0.2, 0.25) is 11.8 Å². The molecule has 0 spiro atoms. The number of para-hydroxylation sites is 1. The number of nitrogens with zero attached hydrogens (tertiary/aromatic N) is 3. The summed E-state index contributed by atoms with van der Waals surface area (Å²) in [5.41, 5.74) is 1.78. The van der Waals surface area contributed by atoms with Gasteiger partial charge in [-0.2, -0.15) is 5.10 Å². The molecule has 5 aliphatic rings. The molecule has 0 radical (unpaired) electrons. The minimum atomic E-state index is -0.320. The number of hydrogen-bond acceptors (Lipinski definition) is 3. The van der Waals surface area contributed by atoms with Gasteiger partial charge in [0, 0.05) is 24.8 Å². The first-order valence-corrected chi connectivity index (χ1v) is 12.3. The molecule has 1 aromatic heterocycles. The molecule has 5 fully saturated rings. The first-order valence-electron chi connectivity index (χ1n) is 12.3. The number of amides is 2. The van der Waals surface area contributed by atoms with E-state index in [0.29, 0.717) is 6.54 Å². The van der Waals surface area contributed by atoms with Crippen LogP contribution in [0.15, 0.2) is 42.7 Å². The van der Waals surface area contributed by atoms with Crippen LogP contribution in [0.1, 0.15) is 56.9 Å². The second-order valence-electron chi connectivity index (χ2n) is 10.7. The van der Waals surface area contributed by atoms with Crippen molar-refractivity contribution in [2.75, 3.05) is 6.54 Å². The maximum absolute atomic E-state index is 13.8. The van der Waals surface area contributed by atoms with Gasteiger partial charge in [0.25, 0.3) is 0 Å². The fourth-order valence-electron chi connectivity index (χ4n) is 7.44. The van der Waals surface area contributed by atoms with Gasteiger partial charge in [-0.25, -0.2) is 4.68 Å². The molecule has 4 aliphatic carbocycles. The van der Waals surface area contributed by atoms with Crippen LogP contribution in [0, 0.1) is 23.2 Å². The molecule has 32 heavy (non-hydrogen) atoms. The number of likely N-dealkylation sites (tertiary alicyclic amines) is 1. The van der Waals surface area contributed by atoms with Crippen molar-refractivity contribution in [3.63, 3.8) is 0 Å². The Morgan fingerprint density at radius 2 is 1.72 bits per heavy atom. The van der Waals surface area contributed by atoms with Crippen LogP contribution < -0.4 is 5.32 Å². The lowest BCUT2D eigenvalue weighted by atomic mass is 9.49. The highest BCUT2D eigenvalue weighted by molar-refractivity contribution is 5.91. The van der Waals surface area contributed by atoms with Gasteiger partial charge in [0.1, 0.15) is 6.04 Å². The first-order chi connectivity index (χ1) is 15.6. The lowest BCUT2D eigenvalue weighted by Crippen LogP contribution is -2.57. The van der Waals surface area contributed by atoms with E-state index in [1.807, 2.05) is 46.1 Å². The van der Waals surface area contributed by atoms with Gasteiger partial charge in [-0.1, -0.05) is 18.2 Å². The number of benzene rings is 1. The molecule has 4 bridgehead atoms. The molecular formula is C26H32N4O2. The normalized spacial score (nSPS) is 32.9. The number of carbonyl (C=O) groups is 2. The summed E-state index contributed by atoms with van der Waals surface area (Å²) < 4.78 is 1.82. The molecule has 6 heteroatoms. The molecule has 1 aliphatic heterocycles. The molecule has 168 valence electrons. The second kappa shape index (κ2) is 7.75. The quantitative estimate of drug-likeness (QED) is 0.784. The molecule has 2 aromatic rings. The van der Waals surface area contributed by atoms with Crippen molar-refractivity contribution < 1.29 is 9.59 Å². The van der Waals surface area contributed by atoms with E-state index in [1.54, 1.807) is 6.20 Å². The first kappa shape index (κ1) is 20.0. The third kappa shape index (κ3) is 3.44. The summed E-state index contributed by atoms with van der Waals surface area (Å²) in [6.07, 6.45) is 12.6. The minimum Gasteiger partial charge on any atom is -0.350 e. The Kier molecular flexibility index (Phi) is 4.85. The Bertz CT molecular complexity index is 979. The molecule has 2 heterocycles. The molecule has 2 amide bonds. The number of aromatic nitrogens is 2. The predicted molar refractivity (Wildman–Crippen MR) is 121 cm³/mol. The van der Waals surface area contributed by atoms with Crippen molar-refractivity contribution in [1.29, 1.82) is 0 Å². The van der Waals surface area contributed by atoms with Crippen molar-refractivity contribution in [1.82, 2.24) is 20.0 Å². The smallest absolute Gasteiger partial charge is 0.243 e. The fourth-order valence-corrected chi connectivity index (χ4v) is 7.44. The van der Waals surface area contributed by atoms with Crippen LogP contribution in [0.4, 0.5) is 0 Å². The molecule has 4 saturated carbocycles. The fraction of sp³-hybridized carbons (Fsp3) is 0.577. The standard InChI is InChI=1S/C26H32N4O2/c31-24(27-15-21-16-28-30(17-21)22-5-2-1-3-6-22)23-7-4-8-29(23)25(32)26-12-18-9-19(13-26)11-20(10-18)14-26/h1-3,5-6,16-20,23H,4,7-15H2,(H,27,31)/t18?,19?,20?,23-,26?/m0/s1. The van der Waals surface area contributed by atoms with Gasteiger partial charge in [0.05, 0.1) is 17.3 Å². The Labute approximate surface area is 189 Å². The highest BCUT2D eigenvalue weighted by Crippen LogP contribution is 2.60. The zero-order chi connectivity index (χ0) is 21.7. The average Bonchev–Trinajstić information content (AvgIpc) is 3.47. The molecule has 1 N–H and O–H groups in total. The summed E-state index contributed by atoms with van der Waals surface area (Å²) in [5.74, 6) is 2.47. The number of rotatable bonds is 5. The summed E-state index contributed by atoms with van der Waals surface area (Å²) in [7, 11) is 0. The van der Waals surface area contributed by atoms with E-state index in [1.165, 1.54) is 19.3 Å². The van der Waals surface area contributed by atoms with E-state index in [0.717, 1.165) is 67.7 Å². The van der Waals surface area contributed by atoms with Crippen LogP contribution in [-0.2, 0) is 16.1 Å². The van der Waals surface area contributed by atoms with Gasteiger partial charge >= 0.3 is 0 Å².